The zero-order valence-corrected chi connectivity index (χ0v) is 15.1. The summed E-state index contributed by atoms with van der Waals surface area (Å²) in [5.74, 6) is 0. The Balaban J connectivity index is 1.52. The molecule has 0 bridgehead atoms. The Morgan fingerprint density at radius 3 is 2.18 bits per heavy atom. The van der Waals surface area contributed by atoms with Gasteiger partial charge in [0.2, 0.25) is 0 Å². The fourth-order valence-electron chi connectivity index (χ4n) is 3.82. The minimum Gasteiger partial charge on any atom is -0.389 e. The van der Waals surface area contributed by atoms with Crippen LogP contribution in [0.4, 0.5) is 0 Å². The van der Waals surface area contributed by atoms with Crippen LogP contribution in [0.1, 0.15) is 0 Å². The zero-order chi connectivity index (χ0) is 19.1. The number of benzene rings is 2. The molecule has 0 aliphatic rings. The van der Waals surface area contributed by atoms with Crippen molar-refractivity contribution in [2.75, 3.05) is 0 Å². The first-order chi connectivity index (χ1) is 13.7. The number of para-hydroxylation sites is 2. The van der Waals surface area contributed by atoms with Gasteiger partial charge in [0.25, 0.3) is 5.56 Å². The fraction of sp³-hybridized carbons (Fsp3) is 0.136. The molecule has 3 aromatic heterocycles. The molecular formula is C22H18N4O2. The van der Waals surface area contributed by atoms with Gasteiger partial charge in [0.05, 0.1) is 24.6 Å². The molecule has 0 amide bonds. The Kier molecular flexibility index (Phi) is 3.91. The molecule has 3 heterocycles. The lowest BCUT2D eigenvalue weighted by Gasteiger charge is -2.15. The molecule has 2 aromatic carbocycles. The minimum atomic E-state index is -0.743. The van der Waals surface area contributed by atoms with Crippen LogP contribution >= 0.6 is 0 Å². The molecule has 5 aromatic rings. The van der Waals surface area contributed by atoms with Crippen LogP contribution in [0.5, 0.6) is 0 Å². The molecule has 0 radical (unpaired) electrons. The van der Waals surface area contributed by atoms with Crippen LogP contribution in [-0.4, -0.2) is 30.3 Å². The van der Waals surface area contributed by atoms with Crippen LogP contribution in [0, 0.1) is 0 Å². The van der Waals surface area contributed by atoms with E-state index >= 15 is 0 Å². The second-order valence-corrected chi connectivity index (χ2v) is 6.88. The number of aliphatic hydroxyl groups excluding tert-OH is 1. The van der Waals surface area contributed by atoms with Gasteiger partial charge >= 0.3 is 0 Å². The van der Waals surface area contributed by atoms with Gasteiger partial charge in [-0.05, 0) is 24.3 Å². The summed E-state index contributed by atoms with van der Waals surface area (Å²) in [4.78, 5) is 21.0. The Morgan fingerprint density at radius 1 is 0.821 bits per heavy atom. The van der Waals surface area contributed by atoms with E-state index in [9.17, 15) is 9.90 Å². The van der Waals surface area contributed by atoms with Crippen molar-refractivity contribution >= 4 is 32.8 Å². The lowest BCUT2D eigenvalue weighted by Crippen LogP contribution is -2.29. The molecular weight excluding hydrogens is 352 g/mol. The second-order valence-electron chi connectivity index (χ2n) is 6.88. The molecule has 0 spiro atoms. The Hall–Kier alpha value is -3.51. The Bertz CT molecular complexity index is 1320. The molecule has 0 fully saturated rings. The third-order valence-electron chi connectivity index (χ3n) is 5.08. The summed E-state index contributed by atoms with van der Waals surface area (Å²) in [6.45, 7) is 0.545. The van der Waals surface area contributed by atoms with E-state index in [2.05, 4.69) is 38.8 Å². The third kappa shape index (κ3) is 2.66. The maximum atomic E-state index is 12.7. The van der Waals surface area contributed by atoms with E-state index < -0.39 is 6.10 Å². The van der Waals surface area contributed by atoms with E-state index in [1.807, 2.05) is 24.3 Å². The van der Waals surface area contributed by atoms with Crippen molar-refractivity contribution in [3.05, 3.63) is 83.5 Å². The smallest absolute Gasteiger partial charge is 0.262 e. The highest BCUT2D eigenvalue weighted by Gasteiger charge is 2.15. The van der Waals surface area contributed by atoms with E-state index in [1.165, 1.54) is 10.9 Å². The number of pyridine rings is 1. The fourth-order valence-corrected chi connectivity index (χ4v) is 3.82. The van der Waals surface area contributed by atoms with Gasteiger partial charge in [-0.2, -0.15) is 0 Å². The average Bonchev–Trinajstić information content (AvgIpc) is 3.04. The van der Waals surface area contributed by atoms with E-state index in [1.54, 1.807) is 18.3 Å². The molecule has 0 unspecified atom stereocenters. The van der Waals surface area contributed by atoms with Crippen molar-refractivity contribution in [2.24, 2.45) is 0 Å². The quantitative estimate of drug-likeness (QED) is 0.528. The van der Waals surface area contributed by atoms with E-state index in [-0.39, 0.29) is 12.1 Å². The summed E-state index contributed by atoms with van der Waals surface area (Å²) in [6, 6.07) is 19.7. The molecule has 1 N–H and O–H groups in total. The normalized spacial score (nSPS) is 12.8. The van der Waals surface area contributed by atoms with Crippen molar-refractivity contribution in [2.45, 2.75) is 19.2 Å². The first kappa shape index (κ1) is 16.6. The lowest BCUT2D eigenvalue weighted by atomic mass is 10.2. The molecule has 0 saturated heterocycles. The van der Waals surface area contributed by atoms with Crippen LogP contribution in [0.25, 0.3) is 32.8 Å². The molecule has 0 aliphatic carbocycles. The van der Waals surface area contributed by atoms with Gasteiger partial charge in [0, 0.05) is 28.0 Å². The highest BCUT2D eigenvalue weighted by Crippen LogP contribution is 2.28. The molecule has 0 aliphatic heterocycles. The predicted octanol–water partition coefficient (Wildman–Crippen LogP) is 2.96. The van der Waals surface area contributed by atoms with Gasteiger partial charge in [-0.3, -0.25) is 9.36 Å². The Labute approximate surface area is 160 Å². The summed E-state index contributed by atoms with van der Waals surface area (Å²) in [6.07, 6.45) is 2.32. The van der Waals surface area contributed by atoms with Crippen molar-refractivity contribution in [1.82, 2.24) is 19.1 Å². The van der Waals surface area contributed by atoms with Crippen LogP contribution in [-0.2, 0) is 13.1 Å². The summed E-state index contributed by atoms with van der Waals surface area (Å²) in [5, 5.41) is 13.5. The summed E-state index contributed by atoms with van der Waals surface area (Å²) in [5.41, 5.74) is 2.35. The van der Waals surface area contributed by atoms with Gasteiger partial charge in [0.1, 0.15) is 6.33 Å². The summed E-state index contributed by atoms with van der Waals surface area (Å²) in [7, 11) is 0. The van der Waals surface area contributed by atoms with Crippen molar-refractivity contribution in [3.8, 4) is 0 Å². The number of nitrogens with zero attached hydrogens (tertiary/aromatic N) is 4. The van der Waals surface area contributed by atoms with E-state index in [4.69, 9.17) is 0 Å². The standard InChI is InChI=1S/C22H18N4O2/c27-15(12-25-14-24-21-18(22(25)28)8-5-11-23-21)13-26-19-9-3-1-6-16(19)17-7-2-4-10-20(17)26/h1-11,14-15,27H,12-13H2/t15-/m1/s1. The molecule has 6 nitrogen and oxygen atoms in total. The van der Waals surface area contributed by atoms with Gasteiger partial charge < -0.3 is 9.67 Å². The molecule has 5 rings (SSSR count). The van der Waals surface area contributed by atoms with Crippen LogP contribution < -0.4 is 5.56 Å². The zero-order valence-electron chi connectivity index (χ0n) is 15.1. The van der Waals surface area contributed by atoms with Crippen LogP contribution in [0.15, 0.2) is 78.0 Å². The van der Waals surface area contributed by atoms with Gasteiger partial charge in [-0.15, -0.1) is 0 Å². The SMILES string of the molecule is O=c1c2cccnc2ncn1C[C@@H](O)Cn1c2ccccc2c2ccccc21. The number of fused-ring (bicyclic) bond motifs is 4. The molecule has 6 heteroatoms. The number of rotatable bonds is 4. The second kappa shape index (κ2) is 6.58. The average molecular weight is 370 g/mol. The van der Waals surface area contributed by atoms with Gasteiger partial charge in [-0.25, -0.2) is 9.97 Å². The highest BCUT2D eigenvalue weighted by atomic mass is 16.3. The maximum absolute atomic E-state index is 12.7. The number of aromatic nitrogens is 4. The minimum absolute atomic E-state index is 0.164. The predicted molar refractivity (Wildman–Crippen MR) is 109 cm³/mol. The van der Waals surface area contributed by atoms with Gasteiger partial charge in [0.15, 0.2) is 5.65 Å². The highest BCUT2D eigenvalue weighted by molar-refractivity contribution is 6.07. The Morgan fingerprint density at radius 2 is 1.46 bits per heavy atom. The van der Waals surface area contributed by atoms with Crippen LogP contribution in [0.2, 0.25) is 0 Å². The topological polar surface area (TPSA) is 72.9 Å². The molecule has 1 atom stereocenters. The maximum Gasteiger partial charge on any atom is 0.262 e. The summed E-state index contributed by atoms with van der Waals surface area (Å²) < 4.78 is 3.55. The van der Waals surface area contributed by atoms with E-state index in [0.717, 1.165) is 21.8 Å². The van der Waals surface area contributed by atoms with Crippen molar-refractivity contribution in [1.29, 1.82) is 0 Å². The number of aliphatic hydroxyl groups is 1. The van der Waals surface area contributed by atoms with Crippen LogP contribution in [0.3, 0.4) is 0 Å². The van der Waals surface area contributed by atoms with Gasteiger partial charge in [-0.1, -0.05) is 36.4 Å². The third-order valence-corrected chi connectivity index (χ3v) is 5.08. The molecule has 0 saturated carbocycles. The monoisotopic (exact) mass is 370 g/mol. The van der Waals surface area contributed by atoms with E-state index in [0.29, 0.717) is 17.6 Å². The molecule has 28 heavy (non-hydrogen) atoms. The van der Waals surface area contributed by atoms with Crippen molar-refractivity contribution in [3.63, 3.8) is 0 Å². The summed E-state index contributed by atoms with van der Waals surface area (Å²) >= 11 is 0. The number of hydrogen-bond donors (Lipinski definition) is 1. The molecule has 138 valence electrons. The number of hydrogen-bond acceptors (Lipinski definition) is 4. The first-order valence-corrected chi connectivity index (χ1v) is 9.16. The lowest BCUT2D eigenvalue weighted by molar-refractivity contribution is 0.135. The first-order valence-electron chi connectivity index (χ1n) is 9.16. The van der Waals surface area contributed by atoms with Crippen molar-refractivity contribution < 1.29 is 5.11 Å². The largest absolute Gasteiger partial charge is 0.389 e.